The fraction of sp³-hybridized carbons (Fsp3) is 0.909. The Morgan fingerprint density at radius 1 is 1.43 bits per heavy atom. The summed E-state index contributed by atoms with van der Waals surface area (Å²) in [6, 6.07) is 2.27. The third-order valence-corrected chi connectivity index (χ3v) is 2.95. The normalized spacial score (nSPS) is 20.7. The minimum atomic E-state index is -0.372. The van der Waals surface area contributed by atoms with Crippen molar-refractivity contribution in [3.8, 4) is 6.07 Å². The van der Waals surface area contributed by atoms with Crippen LogP contribution in [0.3, 0.4) is 0 Å². The maximum atomic E-state index is 8.84. The van der Waals surface area contributed by atoms with Crippen LogP contribution in [0.1, 0.15) is 26.7 Å². The van der Waals surface area contributed by atoms with Crippen LogP contribution < -0.4 is 5.32 Å². The lowest BCUT2D eigenvalue weighted by molar-refractivity contribution is 0.210. The molecule has 0 spiro atoms. The van der Waals surface area contributed by atoms with Gasteiger partial charge in [-0.1, -0.05) is 0 Å². The summed E-state index contributed by atoms with van der Waals surface area (Å²) in [7, 11) is 2.17. The lowest BCUT2D eigenvalue weighted by Gasteiger charge is -2.30. The molecule has 0 radical (unpaired) electrons. The molecule has 1 heterocycles. The number of hydrogen-bond donors (Lipinski definition) is 1. The van der Waals surface area contributed by atoms with Crippen LogP contribution in [0.25, 0.3) is 0 Å². The van der Waals surface area contributed by atoms with E-state index < -0.39 is 0 Å². The molecular weight excluding hydrogens is 174 g/mol. The Morgan fingerprint density at radius 2 is 2.00 bits per heavy atom. The predicted molar refractivity (Wildman–Crippen MR) is 57.9 cm³/mol. The summed E-state index contributed by atoms with van der Waals surface area (Å²) >= 11 is 0. The third kappa shape index (κ3) is 3.65. The lowest BCUT2D eigenvalue weighted by Crippen LogP contribution is -2.43. The number of nitrogens with zero attached hydrogens (tertiary/aromatic N) is 2. The molecule has 0 atom stereocenters. The van der Waals surface area contributed by atoms with Gasteiger partial charge >= 0.3 is 0 Å². The third-order valence-electron chi connectivity index (χ3n) is 2.95. The highest BCUT2D eigenvalue weighted by Gasteiger charge is 2.20. The van der Waals surface area contributed by atoms with Gasteiger partial charge in [0.05, 0.1) is 6.07 Å². The van der Waals surface area contributed by atoms with Crippen LogP contribution in [0.4, 0.5) is 0 Å². The molecule has 0 aromatic rings. The van der Waals surface area contributed by atoms with E-state index in [2.05, 4.69) is 23.3 Å². The molecule has 1 rings (SSSR count). The topological polar surface area (TPSA) is 39.1 Å². The van der Waals surface area contributed by atoms with E-state index in [0.29, 0.717) is 0 Å². The van der Waals surface area contributed by atoms with Crippen LogP contribution in [-0.4, -0.2) is 37.1 Å². The predicted octanol–water partition coefficient (Wildman–Crippen LogP) is 1.22. The lowest BCUT2D eigenvalue weighted by atomic mass is 9.96. The average molecular weight is 195 g/mol. The first-order valence-corrected chi connectivity index (χ1v) is 5.38. The smallest absolute Gasteiger partial charge is 0.101 e. The molecule has 0 aromatic heterocycles. The van der Waals surface area contributed by atoms with Crippen molar-refractivity contribution in [2.24, 2.45) is 5.92 Å². The van der Waals surface area contributed by atoms with E-state index in [0.717, 1.165) is 12.5 Å². The van der Waals surface area contributed by atoms with Crippen LogP contribution in [0.5, 0.6) is 0 Å². The number of piperidine rings is 1. The molecule has 0 aromatic carbocycles. The van der Waals surface area contributed by atoms with Gasteiger partial charge < -0.3 is 4.90 Å². The monoisotopic (exact) mass is 195 g/mol. The van der Waals surface area contributed by atoms with Gasteiger partial charge in [0.25, 0.3) is 0 Å². The fourth-order valence-electron chi connectivity index (χ4n) is 1.71. The molecule has 1 saturated heterocycles. The summed E-state index contributed by atoms with van der Waals surface area (Å²) in [6.07, 6.45) is 2.51. The molecule has 1 aliphatic rings. The zero-order valence-electron chi connectivity index (χ0n) is 9.51. The number of rotatable bonds is 3. The second kappa shape index (κ2) is 4.77. The Hall–Kier alpha value is -0.590. The van der Waals surface area contributed by atoms with Gasteiger partial charge in [0.1, 0.15) is 5.54 Å². The maximum absolute atomic E-state index is 8.84. The van der Waals surface area contributed by atoms with Gasteiger partial charge in [-0.3, -0.25) is 5.32 Å². The molecule has 0 aliphatic carbocycles. The minimum Gasteiger partial charge on any atom is -0.306 e. The van der Waals surface area contributed by atoms with Gasteiger partial charge in [-0.2, -0.15) is 5.26 Å². The van der Waals surface area contributed by atoms with Crippen molar-refractivity contribution in [2.75, 3.05) is 26.7 Å². The van der Waals surface area contributed by atoms with Crippen LogP contribution in [0, 0.1) is 17.2 Å². The summed E-state index contributed by atoms with van der Waals surface area (Å²) in [5.41, 5.74) is -0.372. The summed E-state index contributed by atoms with van der Waals surface area (Å²) in [4.78, 5) is 2.37. The standard InChI is InChI=1S/C11H21N3/c1-11(2,9-12)13-8-10-4-6-14(3)7-5-10/h10,13H,4-8H2,1-3H3. The molecule has 0 amide bonds. The van der Waals surface area contributed by atoms with E-state index in [9.17, 15) is 0 Å². The Labute approximate surface area is 87.1 Å². The first-order chi connectivity index (χ1) is 6.53. The number of hydrogen-bond acceptors (Lipinski definition) is 3. The second-order valence-corrected chi connectivity index (χ2v) is 4.86. The van der Waals surface area contributed by atoms with Gasteiger partial charge in [0, 0.05) is 0 Å². The molecule has 80 valence electrons. The van der Waals surface area contributed by atoms with Crippen molar-refractivity contribution in [1.82, 2.24) is 10.2 Å². The van der Waals surface area contributed by atoms with E-state index >= 15 is 0 Å². The van der Waals surface area contributed by atoms with E-state index in [1.54, 1.807) is 0 Å². The van der Waals surface area contributed by atoms with Crippen molar-refractivity contribution in [1.29, 1.82) is 5.26 Å². The van der Waals surface area contributed by atoms with E-state index in [-0.39, 0.29) is 5.54 Å². The first-order valence-electron chi connectivity index (χ1n) is 5.38. The molecule has 3 nitrogen and oxygen atoms in total. The zero-order chi connectivity index (χ0) is 10.6. The van der Waals surface area contributed by atoms with Crippen LogP contribution in [0.2, 0.25) is 0 Å². The van der Waals surface area contributed by atoms with Crippen LogP contribution >= 0.6 is 0 Å². The molecule has 0 bridgehead atoms. The number of likely N-dealkylation sites (tertiary alicyclic amines) is 1. The molecule has 1 fully saturated rings. The van der Waals surface area contributed by atoms with Crippen molar-refractivity contribution in [2.45, 2.75) is 32.2 Å². The molecule has 14 heavy (non-hydrogen) atoms. The highest BCUT2D eigenvalue weighted by Crippen LogP contribution is 2.15. The minimum absolute atomic E-state index is 0.372. The van der Waals surface area contributed by atoms with Crippen molar-refractivity contribution >= 4 is 0 Å². The zero-order valence-corrected chi connectivity index (χ0v) is 9.51. The van der Waals surface area contributed by atoms with Crippen LogP contribution in [0.15, 0.2) is 0 Å². The molecular formula is C11H21N3. The number of nitriles is 1. The van der Waals surface area contributed by atoms with Gasteiger partial charge in [-0.25, -0.2) is 0 Å². The summed E-state index contributed by atoms with van der Waals surface area (Å²) < 4.78 is 0. The molecule has 3 heteroatoms. The van der Waals surface area contributed by atoms with Crippen molar-refractivity contribution in [3.05, 3.63) is 0 Å². The first kappa shape index (κ1) is 11.5. The molecule has 0 unspecified atom stereocenters. The Balaban J connectivity index is 2.23. The van der Waals surface area contributed by atoms with Crippen LogP contribution in [-0.2, 0) is 0 Å². The molecule has 1 N–H and O–H groups in total. The molecule has 0 saturated carbocycles. The Morgan fingerprint density at radius 3 is 2.50 bits per heavy atom. The largest absolute Gasteiger partial charge is 0.306 e. The fourth-order valence-corrected chi connectivity index (χ4v) is 1.71. The van der Waals surface area contributed by atoms with E-state index in [1.165, 1.54) is 25.9 Å². The average Bonchev–Trinajstić information content (AvgIpc) is 2.17. The Kier molecular flexibility index (Phi) is 3.91. The maximum Gasteiger partial charge on any atom is 0.101 e. The SMILES string of the molecule is CN1CCC(CNC(C)(C)C#N)CC1. The van der Waals surface area contributed by atoms with E-state index in [4.69, 9.17) is 5.26 Å². The van der Waals surface area contributed by atoms with Crippen molar-refractivity contribution in [3.63, 3.8) is 0 Å². The quantitative estimate of drug-likeness (QED) is 0.736. The molecule has 1 aliphatic heterocycles. The summed E-state index contributed by atoms with van der Waals surface area (Å²) in [5, 5.41) is 12.2. The highest BCUT2D eigenvalue weighted by atomic mass is 15.1. The summed E-state index contributed by atoms with van der Waals surface area (Å²) in [6.45, 7) is 7.23. The Bertz CT molecular complexity index is 209. The van der Waals surface area contributed by atoms with Gasteiger partial charge in [0.15, 0.2) is 0 Å². The van der Waals surface area contributed by atoms with Crippen molar-refractivity contribution < 1.29 is 0 Å². The second-order valence-electron chi connectivity index (χ2n) is 4.86. The highest BCUT2D eigenvalue weighted by molar-refractivity contribution is 5.00. The van der Waals surface area contributed by atoms with Gasteiger partial charge in [-0.05, 0) is 59.3 Å². The van der Waals surface area contributed by atoms with Gasteiger partial charge in [-0.15, -0.1) is 0 Å². The van der Waals surface area contributed by atoms with E-state index in [1.807, 2.05) is 13.8 Å². The summed E-state index contributed by atoms with van der Waals surface area (Å²) in [5.74, 6) is 0.749. The van der Waals surface area contributed by atoms with Gasteiger partial charge in [0.2, 0.25) is 0 Å². The number of nitrogens with one attached hydrogen (secondary N) is 1.